The molecule has 2 N–H and O–H groups in total. The van der Waals surface area contributed by atoms with Crippen molar-refractivity contribution in [2.24, 2.45) is 7.05 Å². The summed E-state index contributed by atoms with van der Waals surface area (Å²) in [6.07, 6.45) is 5.53. The maximum Gasteiger partial charge on any atom is 0.324 e. The number of benzene rings is 1. The Balaban J connectivity index is 1.28. The zero-order valence-corrected chi connectivity index (χ0v) is 22.9. The summed E-state index contributed by atoms with van der Waals surface area (Å²) in [6, 6.07) is 12.5. The van der Waals surface area contributed by atoms with E-state index in [4.69, 9.17) is 14.7 Å². The minimum atomic E-state index is -0.367. The SMILES string of the molecule is C[C@H]1COCCN1c1nc(-c2ccc(NC(=O)Nc3ccnn3C)cc2)nc2c1CCN(C(=O)c1cccnc1)C2. The monoisotopic (exact) mass is 553 g/mol. The highest BCUT2D eigenvalue weighted by atomic mass is 16.5. The number of hydrogen-bond donors (Lipinski definition) is 2. The van der Waals surface area contributed by atoms with Crippen molar-refractivity contribution in [2.45, 2.75) is 25.9 Å². The molecule has 1 atom stereocenters. The summed E-state index contributed by atoms with van der Waals surface area (Å²) in [5, 5.41) is 9.65. The number of nitrogens with zero attached hydrogens (tertiary/aromatic N) is 7. The summed E-state index contributed by atoms with van der Waals surface area (Å²) < 4.78 is 7.26. The third-order valence-corrected chi connectivity index (χ3v) is 7.34. The van der Waals surface area contributed by atoms with Gasteiger partial charge in [-0.15, -0.1) is 0 Å². The van der Waals surface area contributed by atoms with Crippen LogP contribution in [0.3, 0.4) is 0 Å². The fourth-order valence-corrected chi connectivity index (χ4v) is 5.14. The molecule has 6 rings (SSSR count). The number of nitrogens with one attached hydrogen (secondary N) is 2. The lowest BCUT2D eigenvalue weighted by molar-refractivity contribution is 0.0731. The Morgan fingerprint density at radius 3 is 2.61 bits per heavy atom. The molecule has 210 valence electrons. The summed E-state index contributed by atoms with van der Waals surface area (Å²) in [5.74, 6) is 1.98. The normalized spacial score (nSPS) is 16.7. The molecule has 5 heterocycles. The lowest BCUT2D eigenvalue weighted by atomic mass is 10.0. The van der Waals surface area contributed by atoms with Crippen LogP contribution in [0.2, 0.25) is 0 Å². The summed E-state index contributed by atoms with van der Waals surface area (Å²) in [4.78, 5) is 43.9. The largest absolute Gasteiger partial charge is 0.377 e. The van der Waals surface area contributed by atoms with Crippen LogP contribution in [0.1, 0.15) is 28.5 Å². The second-order valence-electron chi connectivity index (χ2n) is 10.1. The van der Waals surface area contributed by atoms with Crippen molar-refractivity contribution in [1.82, 2.24) is 29.6 Å². The number of anilines is 3. The lowest BCUT2D eigenvalue weighted by Gasteiger charge is -2.37. The average molecular weight is 554 g/mol. The van der Waals surface area contributed by atoms with Crippen LogP contribution in [-0.2, 0) is 24.8 Å². The summed E-state index contributed by atoms with van der Waals surface area (Å²) >= 11 is 0. The van der Waals surface area contributed by atoms with Crippen molar-refractivity contribution in [3.63, 3.8) is 0 Å². The highest BCUT2D eigenvalue weighted by Crippen LogP contribution is 2.32. The molecule has 0 saturated carbocycles. The second-order valence-corrected chi connectivity index (χ2v) is 10.1. The number of ether oxygens (including phenoxy) is 1. The van der Waals surface area contributed by atoms with E-state index in [9.17, 15) is 9.59 Å². The maximum absolute atomic E-state index is 13.2. The number of morpholine rings is 1. The van der Waals surface area contributed by atoms with Gasteiger partial charge in [0.2, 0.25) is 0 Å². The van der Waals surface area contributed by atoms with Crippen LogP contribution in [0.25, 0.3) is 11.4 Å². The number of aryl methyl sites for hydroxylation is 1. The lowest BCUT2D eigenvalue weighted by Crippen LogP contribution is -2.45. The maximum atomic E-state index is 13.2. The van der Waals surface area contributed by atoms with Gasteiger partial charge in [0.25, 0.3) is 5.91 Å². The Morgan fingerprint density at radius 1 is 1.02 bits per heavy atom. The Bertz CT molecular complexity index is 1560. The van der Waals surface area contributed by atoms with E-state index in [1.165, 1.54) is 0 Å². The molecule has 3 amide bonds. The molecule has 2 aliphatic rings. The van der Waals surface area contributed by atoms with Crippen LogP contribution in [0.5, 0.6) is 0 Å². The quantitative estimate of drug-likeness (QED) is 0.385. The van der Waals surface area contributed by atoms with Crippen LogP contribution in [0, 0.1) is 0 Å². The molecule has 0 radical (unpaired) electrons. The molecule has 0 unspecified atom stereocenters. The van der Waals surface area contributed by atoms with Gasteiger partial charge in [-0.25, -0.2) is 14.8 Å². The smallest absolute Gasteiger partial charge is 0.324 e. The Morgan fingerprint density at radius 2 is 1.88 bits per heavy atom. The molecular formula is C29H31N9O3. The van der Waals surface area contributed by atoms with Crippen LogP contribution >= 0.6 is 0 Å². The minimum Gasteiger partial charge on any atom is -0.377 e. The topological polar surface area (TPSA) is 130 Å². The second kappa shape index (κ2) is 11.3. The van der Waals surface area contributed by atoms with Crippen LogP contribution in [0.4, 0.5) is 22.1 Å². The number of hydrogen-bond acceptors (Lipinski definition) is 8. The molecule has 12 nitrogen and oxygen atoms in total. The number of rotatable bonds is 5. The van der Waals surface area contributed by atoms with E-state index in [1.807, 2.05) is 29.2 Å². The standard InChI is InChI=1S/C29H31N9O3/c1-19-18-41-15-14-38(19)27-23-10-13-37(28(39)21-4-3-11-30-16-21)17-24(23)33-26(35-27)20-5-7-22(8-6-20)32-29(40)34-25-9-12-31-36(25)2/h3-9,11-12,16,19H,10,13-15,17-18H2,1-2H3,(H2,32,34,40)/t19-/m0/s1. The van der Waals surface area contributed by atoms with E-state index in [2.05, 4.69) is 32.5 Å². The van der Waals surface area contributed by atoms with E-state index in [-0.39, 0.29) is 18.0 Å². The van der Waals surface area contributed by atoms with E-state index in [0.717, 1.165) is 29.2 Å². The summed E-state index contributed by atoms with van der Waals surface area (Å²) in [6.45, 7) is 5.09. The van der Waals surface area contributed by atoms with Gasteiger partial charge in [0, 0.05) is 55.4 Å². The third kappa shape index (κ3) is 5.59. The van der Waals surface area contributed by atoms with Crippen molar-refractivity contribution in [3.05, 3.63) is 77.9 Å². The van der Waals surface area contributed by atoms with Gasteiger partial charge in [0.05, 0.1) is 43.3 Å². The van der Waals surface area contributed by atoms with E-state index < -0.39 is 0 Å². The van der Waals surface area contributed by atoms with Crippen molar-refractivity contribution in [1.29, 1.82) is 0 Å². The molecule has 1 saturated heterocycles. The number of pyridine rings is 1. The Labute approximate surface area is 237 Å². The molecular weight excluding hydrogens is 522 g/mol. The van der Waals surface area contributed by atoms with Gasteiger partial charge in [-0.1, -0.05) is 0 Å². The predicted molar refractivity (Wildman–Crippen MR) is 154 cm³/mol. The molecule has 0 spiro atoms. The number of aromatic nitrogens is 5. The number of carbonyl (C=O) groups is 2. The fraction of sp³-hybridized carbons (Fsp3) is 0.310. The molecule has 41 heavy (non-hydrogen) atoms. The first kappa shape index (κ1) is 26.4. The fourth-order valence-electron chi connectivity index (χ4n) is 5.14. The summed E-state index contributed by atoms with van der Waals surface area (Å²) in [5.41, 5.74) is 3.90. The first-order valence-corrected chi connectivity index (χ1v) is 13.6. The molecule has 4 aromatic rings. The first-order chi connectivity index (χ1) is 20.0. The van der Waals surface area contributed by atoms with Crippen molar-refractivity contribution in [2.75, 3.05) is 41.8 Å². The highest BCUT2D eigenvalue weighted by Gasteiger charge is 2.30. The molecule has 12 heteroatoms. The molecule has 1 aromatic carbocycles. The molecule has 2 aliphatic heterocycles. The molecule has 3 aromatic heterocycles. The van der Waals surface area contributed by atoms with E-state index in [1.54, 1.807) is 48.5 Å². The molecule has 0 bridgehead atoms. The molecule has 0 aliphatic carbocycles. The van der Waals surface area contributed by atoms with Gasteiger partial charge in [0.15, 0.2) is 5.82 Å². The third-order valence-electron chi connectivity index (χ3n) is 7.34. The molecule has 1 fully saturated rings. The van der Waals surface area contributed by atoms with Crippen LogP contribution in [-0.4, -0.2) is 73.9 Å². The zero-order chi connectivity index (χ0) is 28.3. The van der Waals surface area contributed by atoms with E-state index >= 15 is 0 Å². The number of fused-ring (bicyclic) bond motifs is 1. The van der Waals surface area contributed by atoms with Gasteiger partial charge in [-0.2, -0.15) is 5.10 Å². The van der Waals surface area contributed by atoms with Crippen molar-refractivity contribution >= 4 is 29.3 Å². The highest BCUT2D eigenvalue weighted by molar-refractivity contribution is 5.99. The predicted octanol–water partition coefficient (Wildman–Crippen LogP) is 3.34. The number of amides is 3. The van der Waals surface area contributed by atoms with Crippen LogP contribution in [0.15, 0.2) is 61.1 Å². The Kier molecular flexibility index (Phi) is 7.30. The van der Waals surface area contributed by atoms with Crippen molar-refractivity contribution in [3.8, 4) is 11.4 Å². The number of urea groups is 1. The summed E-state index contributed by atoms with van der Waals surface area (Å²) in [7, 11) is 1.75. The average Bonchev–Trinajstić information content (AvgIpc) is 3.40. The van der Waals surface area contributed by atoms with Gasteiger partial charge >= 0.3 is 6.03 Å². The zero-order valence-electron chi connectivity index (χ0n) is 22.9. The Hall–Kier alpha value is -4.84. The van der Waals surface area contributed by atoms with Gasteiger partial charge < -0.3 is 19.9 Å². The number of carbonyl (C=O) groups excluding carboxylic acids is 2. The van der Waals surface area contributed by atoms with Gasteiger partial charge in [-0.3, -0.25) is 19.8 Å². The van der Waals surface area contributed by atoms with Crippen LogP contribution < -0.4 is 15.5 Å². The first-order valence-electron chi connectivity index (χ1n) is 13.6. The van der Waals surface area contributed by atoms with Gasteiger partial charge in [-0.05, 0) is 49.7 Å². The van der Waals surface area contributed by atoms with E-state index in [0.29, 0.717) is 55.6 Å². The van der Waals surface area contributed by atoms with Crippen molar-refractivity contribution < 1.29 is 14.3 Å². The van der Waals surface area contributed by atoms with Gasteiger partial charge in [0.1, 0.15) is 11.6 Å². The minimum absolute atomic E-state index is 0.0648.